The summed E-state index contributed by atoms with van der Waals surface area (Å²) in [5.41, 5.74) is 2.11. The lowest BCUT2D eigenvalue weighted by Crippen LogP contribution is -2.21. The highest BCUT2D eigenvalue weighted by Crippen LogP contribution is 2.28. The second-order valence-corrected chi connectivity index (χ2v) is 4.91. The summed E-state index contributed by atoms with van der Waals surface area (Å²) in [6.45, 7) is 2.58. The number of fused-ring (bicyclic) bond motifs is 1. The molecule has 0 amide bonds. The fraction of sp³-hybridized carbons (Fsp3) is 0.333. The molecule has 1 saturated heterocycles. The molecule has 4 nitrogen and oxygen atoms in total. The van der Waals surface area contributed by atoms with Gasteiger partial charge in [-0.1, -0.05) is 0 Å². The molecule has 1 aromatic heterocycles. The minimum atomic E-state index is -0.0789. The summed E-state index contributed by atoms with van der Waals surface area (Å²) in [6, 6.07) is 7.44. The van der Waals surface area contributed by atoms with Gasteiger partial charge in [-0.25, -0.2) is 0 Å². The van der Waals surface area contributed by atoms with Gasteiger partial charge in [0.2, 0.25) is 0 Å². The third-order valence-corrected chi connectivity index (χ3v) is 3.79. The van der Waals surface area contributed by atoms with Gasteiger partial charge in [0.15, 0.2) is 5.78 Å². The van der Waals surface area contributed by atoms with E-state index in [0.29, 0.717) is 17.7 Å². The SMILES string of the molecule is CC1OCCC1C(=O)c1c[nH]c2ccc(C#N)cc12. The maximum atomic E-state index is 12.5. The fourth-order valence-electron chi connectivity index (χ4n) is 2.67. The van der Waals surface area contributed by atoms with Crippen LogP contribution < -0.4 is 0 Å². The Labute approximate surface area is 111 Å². The van der Waals surface area contributed by atoms with E-state index >= 15 is 0 Å². The van der Waals surface area contributed by atoms with Gasteiger partial charge in [-0.05, 0) is 31.5 Å². The van der Waals surface area contributed by atoms with Crippen LogP contribution in [0.15, 0.2) is 24.4 Å². The summed E-state index contributed by atoms with van der Waals surface area (Å²) < 4.78 is 5.46. The van der Waals surface area contributed by atoms with E-state index in [4.69, 9.17) is 10.00 Å². The molecule has 1 aliphatic heterocycles. The molecule has 4 heteroatoms. The van der Waals surface area contributed by atoms with Crippen LogP contribution in [0, 0.1) is 17.2 Å². The average molecular weight is 254 g/mol. The van der Waals surface area contributed by atoms with Gasteiger partial charge in [-0.15, -0.1) is 0 Å². The quantitative estimate of drug-likeness (QED) is 0.838. The second-order valence-electron chi connectivity index (χ2n) is 4.91. The summed E-state index contributed by atoms with van der Waals surface area (Å²) in [6.07, 6.45) is 2.47. The molecule has 1 N–H and O–H groups in total. The van der Waals surface area contributed by atoms with Gasteiger partial charge in [0, 0.05) is 29.3 Å². The Kier molecular flexibility index (Phi) is 2.84. The predicted octanol–water partition coefficient (Wildman–Crippen LogP) is 2.65. The van der Waals surface area contributed by atoms with Crippen LogP contribution >= 0.6 is 0 Å². The normalized spacial score (nSPS) is 22.5. The zero-order valence-corrected chi connectivity index (χ0v) is 10.6. The number of H-pyrrole nitrogens is 1. The number of ether oxygens (including phenoxy) is 1. The molecule has 1 fully saturated rings. The van der Waals surface area contributed by atoms with Crippen LogP contribution in [0.25, 0.3) is 10.9 Å². The maximum absolute atomic E-state index is 12.5. The zero-order chi connectivity index (χ0) is 13.4. The molecule has 96 valence electrons. The van der Waals surface area contributed by atoms with Crippen molar-refractivity contribution in [2.24, 2.45) is 5.92 Å². The third kappa shape index (κ3) is 1.92. The first kappa shape index (κ1) is 11.9. The zero-order valence-electron chi connectivity index (χ0n) is 10.6. The standard InChI is InChI=1S/C15H14N2O2/c1-9-11(4-5-19-9)15(18)13-8-17-14-3-2-10(7-16)6-12(13)14/h2-3,6,8-9,11,17H,4-5H2,1H3. The second kappa shape index (κ2) is 4.52. The first-order chi connectivity index (χ1) is 9.20. The first-order valence-electron chi connectivity index (χ1n) is 6.38. The summed E-state index contributed by atoms with van der Waals surface area (Å²) in [5, 5.41) is 9.77. The van der Waals surface area contributed by atoms with Gasteiger partial charge in [-0.2, -0.15) is 5.26 Å². The van der Waals surface area contributed by atoms with Crippen molar-refractivity contribution in [2.45, 2.75) is 19.4 Å². The van der Waals surface area contributed by atoms with Crippen molar-refractivity contribution in [1.82, 2.24) is 4.98 Å². The topological polar surface area (TPSA) is 65.9 Å². The molecule has 0 aliphatic carbocycles. The average Bonchev–Trinajstić information content (AvgIpc) is 3.03. The van der Waals surface area contributed by atoms with Crippen molar-refractivity contribution in [2.75, 3.05) is 6.61 Å². The van der Waals surface area contributed by atoms with Crippen LogP contribution in [0.2, 0.25) is 0 Å². The lowest BCUT2D eigenvalue weighted by atomic mass is 9.92. The van der Waals surface area contributed by atoms with E-state index in [1.807, 2.05) is 13.0 Å². The summed E-state index contributed by atoms with van der Waals surface area (Å²) in [5.74, 6) is 0.0241. The van der Waals surface area contributed by atoms with Crippen molar-refractivity contribution in [3.05, 3.63) is 35.5 Å². The number of hydrogen-bond donors (Lipinski definition) is 1. The van der Waals surface area contributed by atoms with Gasteiger partial charge < -0.3 is 9.72 Å². The minimum absolute atomic E-state index is 0.0309. The lowest BCUT2D eigenvalue weighted by Gasteiger charge is -2.11. The smallest absolute Gasteiger partial charge is 0.170 e. The number of ketones is 1. The molecule has 3 rings (SSSR count). The van der Waals surface area contributed by atoms with Crippen LogP contribution in [0.1, 0.15) is 29.3 Å². The summed E-state index contributed by atoms with van der Waals surface area (Å²) in [4.78, 5) is 15.6. The van der Waals surface area contributed by atoms with Crippen LogP contribution in [0.5, 0.6) is 0 Å². The molecule has 1 aromatic carbocycles. The molecule has 2 atom stereocenters. The highest BCUT2D eigenvalue weighted by atomic mass is 16.5. The van der Waals surface area contributed by atoms with E-state index in [2.05, 4.69) is 11.1 Å². The molecule has 0 spiro atoms. The Morgan fingerprint density at radius 3 is 3.05 bits per heavy atom. The Bertz CT molecular complexity index is 681. The van der Waals surface area contributed by atoms with Gasteiger partial charge in [0.1, 0.15) is 0 Å². The van der Waals surface area contributed by atoms with Crippen molar-refractivity contribution < 1.29 is 9.53 Å². The fourth-order valence-corrected chi connectivity index (χ4v) is 2.67. The van der Waals surface area contributed by atoms with E-state index in [0.717, 1.165) is 17.3 Å². The molecule has 2 heterocycles. The number of carbonyl (C=O) groups excluding carboxylic acids is 1. The predicted molar refractivity (Wildman–Crippen MR) is 70.9 cm³/mol. The number of Topliss-reactive ketones (excluding diaryl/α,β-unsaturated/α-hetero) is 1. The highest BCUT2D eigenvalue weighted by Gasteiger charge is 2.32. The number of nitriles is 1. The minimum Gasteiger partial charge on any atom is -0.378 e. The first-order valence-corrected chi connectivity index (χ1v) is 6.38. The Balaban J connectivity index is 2.05. The van der Waals surface area contributed by atoms with Crippen LogP contribution in [0.3, 0.4) is 0 Å². The highest BCUT2D eigenvalue weighted by molar-refractivity contribution is 6.09. The Morgan fingerprint density at radius 2 is 2.37 bits per heavy atom. The van der Waals surface area contributed by atoms with E-state index in [1.165, 1.54) is 0 Å². The molecular formula is C15H14N2O2. The third-order valence-electron chi connectivity index (χ3n) is 3.79. The largest absolute Gasteiger partial charge is 0.378 e. The van der Waals surface area contributed by atoms with Crippen LogP contribution in [0.4, 0.5) is 0 Å². The Hall–Kier alpha value is -2.12. The lowest BCUT2D eigenvalue weighted by molar-refractivity contribution is 0.0766. The van der Waals surface area contributed by atoms with Gasteiger partial charge in [-0.3, -0.25) is 4.79 Å². The van der Waals surface area contributed by atoms with E-state index in [1.54, 1.807) is 18.3 Å². The van der Waals surface area contributed by atoms with Crippen molar-refractivity contribution in [1.29, 1.82) is 5.26 Å². The maximum Gasteiger partial charge on any atom is 0.170 e. The summed E-state index contributed by atoms with van der Waals surface area (Å²) >= 11 is 0. The van der Waals surface area contributed by atoms with Crippen molar-refractivity contribution in [3.63, 3.8) is 0 Å². The number of hydrogen-bond acceptors (Lipinski definition) is 3. The molecular weight excluding hydrogens is 240 g/mol. The summed E-state index contributed by atoms with van der Waals surface area (Å²) in [7, 11) is 0. The number of carbonyl (C=O) groups is 1. The van der Waals surface area contributed by atoms with Gasteiger partial charge in [0.25, 0.3) is 0 Å². The van der Waals surface area contributed by atoms with Crippen molar-refractivity contribution in [3.8, 4) is 6.07 Å². The molecule has 1 aliphatic rings. The van der Waals surface area contributed by atoms with Crippen LogP contribution in [-0.2, 0) is 4.74 Å². The van der Waals surface area contributed by atoms with Gasteiger partial charge in [0.05, 0.1) is 23.7 Å². The number of rotatable bonds is 2. The van der Waals surface area contributed by atoms with E-state index in [9.17, 15) is 4.79 Å². The molecule has 2 aromatic rings. The number of nitrogens with zero attached hydrogens (tertiary/aromatic N) is 1. The molecule has 0 saturated carbocycles. The van der Waals surface area contributed by atoms with Crippen LogP contribution in [-0.4, -0.2) is 23.5 Å². The van der Waals surface area contributed by atoms with E-state index in [-0.39, 0.29) is 17.8 Å². The van der Waals surface area contributed by atoms with Gasteiger partial charge >= 0.3 is 0 Å². The molecule has 19 heavy (non-hydrogen) atoms. The monoisotopic (exact) mass is 254 g/mol. The van der Waals surface area contributed by atoms with E-state index < -0.39 is 0 Å². The molecule has 0 bridgehead atoms. The molecule has 2 unspecified atom stereocenters. The van der Waals surface area contributed by atoms with Crippen molar-refractivity contribution >= 4 is 16.7 Å². The number of benzene rings is 1. The number of aromatic nitrogens is 1. The Morgan fingerprint density at radius 1 is 1.53 bits per heavy atom. The molecule has 0 radical (unpaired) electrons. The number of nitrogens with one attached hydrogen (secondary N) is 1. The number of aromatic amines is 1.